The Hall–Kier alpha value is -2.65. The molecule has 2 aliphatic heterocycles. The van der Waals surface area contributed by atoms with E-state index in [-0.39, 0.29) is 17.9 Å². The standard InChI is InChI=1S/C25H36N4O5/c1-27-13-14-29(25(32)33)22(16-27)19-7-8-20(21(15-19)23(30)26-34)24(31)28-11-9-18(10-12-28)17-5-3-2-4-6-17/h2-6,18-22,34H,7-16H2,1H3,(H,26,30)(H,32,33)/t19?,20-,21?,22?/m0/s1. The number of carboxylic acid groups (broad SMARTS) is 1. The summed E-state index contributed by atoms with van der Waals surface area (Å²) in [5.74, 6) is -1.32. The van der Waals surface area contributed by atoms with Gasteiger partial charge in [0.1, 0.15) is 0 Å². The zero-order valence-electron chi connectivity index (χ0n) is 19.8. The van der Waals surface area contributed by atoms with Crippen LogP contribution in [0.2, 0.25) is 0 Å². The van der Waals surface area contributed by atoms with E-state index in [1.807, 2.05) is 30.1 Å². The molecule has 0 spiro atoms. The molecule has 2 heterocycles. The Balaban J connectivity index is 1.42. The van der Waals surface area contributed by atoms with Crippen molar-refractivity contribution >= 4 is 17.9 Å². The molecule has 0 aromatic heterocycles. The van der Waals surface area contributed by atoms with Crippen molar-refractivity contribution in [1.82, 2.24) is 20.2 Å². The van der Waals surface area contributed by atoms with Gasteiger partial charge in [0.2, 0.25) is 11.8 Å². The zero-order chi connectivity index (χ0) is 24.2. The van der Waals surface area contributed by atoms with Gasteiger partial charge in [-0.25, -0.2) is 10.3 Å². The van der Waals surface area contributed by atoms with Crippen LogP contribution < -0.4 is 5.48 Å². The molecule has 3 fully saturated rings. The van der Waals surface area contributed by atoms with Gasteiger partial charge in [-0.1, -0.05) is 30.3 Å². The summed E-state index contributed by atoms with van der Waals surface area (Å²) in [5, 5.41) is 19.1. The fourth-order valence-electron chi connectivity index (χ4n) is 6.21. The lowest BCUT2D eigenvalue weighted by Gasteiger charge is -2.46. The number of likely N-dealkylation sites (tertiary alicyclic amines) is 1. The van der Waals surface area contributed by atoms with Gasteiger partial charge in [-0.3, -0.25) is 14.8 Å². The average Bonchev–Trinajstić information content (AvgIpc) is 2.87. The normalized spacial score (nSPS) is 29.0. The molecule has 0 radical (unpaired) electrons. The molecular formula is C25H36N4O5. The first-order valence-electron chi connectivity index (χ1n) is 12.3. The van der Waals surface area contributed by atoms with E-state index in [4.69, 9.17) is 0 Å². The molecule has 4 atom stereocenters. The third kappa shape index (κ3) is 5.20. The van der Waals surface area contributed by atoms with Gasteiger partial charge >= 0.3 is 6.09 Å². The summed E-state index contributed by atoms with van der Waals surface area (Å²) >= 11 is 0. The number of carbonyl (C=O) groups is 3. The fourth-order valence-corrected chi connectivity index (χ4v) is 6.21. The van der Waals surface area contributed by atoms with Crippen LogP contribution >= 0.6 is 0 Å². The number of nitrogens with zero attached hydrogens (tertiary/aromatic N) is 3. The zero-order valence-corrected chi connectivity index (χ0v) is 19.8. The monoisotopic (exact) mass is 472 g/mol. The molecule has 3 N–H and O–H groups in total. The molecule has 2 saturated heterocycles. The molecule has 34 heavy (non-hydrogen) atoms. The molecule has 186 valence electrons. The number of nitrogens with one attached hydrogen (secondary N) is 1. The molecule has 3 unspecified atom stereocenters. The minimum atomic E-state index is -0.944. The largest absolute Gasteiger partial charge is 0.465 e. The minimum absolute atomic E-state index is 0.0191. The summed E-state index contributed by atoms with van der Waals surface area (Å²) in [6, 6.07) is 10.1. The Morgan fingerprint density at radius 3 is 2.29 bits per heavy atom. The molecule has 1 saturated carbocycles. The smallest absolute Gasteiger partial charge is 0.407 e. The van der Waals surface area contributed by atoms with Crippen molar-refractivity contribution in [2.24, 2.45) is 17.8 Å². The van der Waals surface area contributed by atoms with Gasteiger partial charge in [0.15, 0.2) is 0 Å². The summed E-state index contributed by atoms with van der Waals surface area (Å²) in [7, 11) is 1.97. The lowest BCUT2D eigenvalue weighted by atomic mass is 9.70. The van der Waals surface area contributed by atoms with Crippen LogP contribution in [0.3, 0.4) is 0 Å². The summed E-state index contributed by atoms with van der Waals surface area (Å²) in [5.41, 5.74) is 3.07. The van der Waals surface area contributed by atoms with Crippen molar-refractivity contribution in [3.05, 3.63) is 35.9 Å². The molecule has 3 amide bonds. The number of likely N-dealkylation sites (N-methyl/N-ethyl adjacent to an activating group) is 1. The van der Waals surface area contributed by atoms with Gasteiger partial charge in [-0.15, -0.1) is 0 Å². The second kappa shape index (κ2) is 10.7. The quantitative estimate of drug-likeness (QED) is 0.458. The molecule has 1 aromatic carbocycles. The highest BCUT2D eigenvalue weighted by Gasteiger charge is 2.45. The average molecular weight is 473 g/mol. The maximum Gasteiger partial charge on any atom is 0.407 e. The van der Waals surface area contributed by atoms with E-state index < -0.39 is 23.8 Å². The fraction of sp³-hybridized carbons (Fsp3) is 0.640. The predicted molar refractivity (Wildman–Crippen MR) is 125 cm³/mol. The van der Waals surface area contributed by atoms with E-state index in [2.05, 4.69) is 17.0 Å². The number of benzene rings is 1. The molecule has 1 aliphatic carbocycles. The number of amides is 3. The first kappa shape index (κ1) is 24.5. The highest BCUT2D eigenvalue weighted by Crippen LogP contribution is 2.40. The van der Waals surface area contributed by atoms with Gasteiger partial charge in [-0.2, -0.15) is 0 Å². The number of hydrogen-bond donors (Lipinski definition) is 3. The lowest BCUT2D eigenvalue weighted by molar-refractivity contribution is -0.149. The molecule has 9 heteroatoms. The Labute approximate surface area is 200 Å². The van der Waals surface area contributed by atoms with Gasteiger partial charge in [0.25, 0.3) is 0 Å². The summed E-state index contributed by atoms with van der Waals surface area (Å²) in [6.07, 6.45) is 2.45. The summed E-state index contributed by atoms with van der Waals surface area (Å²) < 4.78 is 0. The van der Waals surface area contributed by atoms with E-state index in [1.54, 1.807) is 5.48 Å². The van der Waals surface area contributed by atoms with Crippen LogP contribution in [0.5, 0.6) is 0 Å². The van der Waals surface area contributed by atoms with Crippen molar-refractivity contribution in [2.45, 2.75) is 44.1 Å². The minimum Gasteiger partial charge on any atom is -0.465 e. The van der Waals surface area contributed by atoms with Crippen molar-refractivity contribution in [1.29, 1.82) is 0 Å². The van der Waals surface area contributed by atoms with Gasteiger partial charge in [-0.05, 0) is 56.6 Å². The van der Waals surface area contributed by atoms with Gasteiger partial charge < -0.3 is 19.8 Å². The maximum atomic E-state index is 13.5. The number of carbonyl (C=O) groups excluding carboxylic acids is 2. The predicted octanol–water partition coefficient (Wildman–Crippen LogP) is 2.22. The molecule has 4 rings (SSSR count). The highest BCUT2D eigenvalue weighted by molar-refractivity contribution is 5.87. The third-order valence-electron chi connectivity index (χ3n) is 8.14. The van der Waals surface area contributed by atoms with Crippen LogP contribution in [0, 0.1) is 17.8 Å². The first-order chi connectivity index (χ1) is 16.4. The van der Waals surface area contributed by atoms with Gasteiger partial charge in [0.05, 0.1) is 12.0 Å². The van der Waals surface area contributed by atoms with Crippen molar-refractivity contribution < 1.29 is 24.7 Å². The van der Waals surface area contributed by atoms with Crippen LogP contribution in [0.25, 0.3) is 0 Å². The molecule has 9 nitrogen and oxygen atoms in total. The number of hydrogen-bond acceptors (Lipinski definition) is 5. The van der Waals surface area contributed by atoms with Crippen LogP contribution in [0.4, 0.5) is 4.79 Å². The number of piperidine rings is 1. The Morgan fingerprint density at radius 1 is 0.941 bits per heavy atom. The Kier molecular flexibility index (Phi) is 7.73. The number of rotatable bonds is 4. The lowest BCUT2D eigenvalue weighted by Crippen LogP contribution is -2.58. The van der Waals surface area contributed by atoms with Gasteiger partial charge in [0, 0.05) is 38.6 Å². The van der Waals surface area contributed by atoms with E-state index in [9.17, 15) is 24.7 Å². The van der Waals surface area contributed by atoms with Crippen molar-refractivity contribution in [2.75, 3.05) is 39.8 Å². The SMILES string of the molecule is CN1CCN(C(=O)O)C(C2CC[C@H](C(=O)N3CCC(c4ccccc4)CC3)C(C(=O)NO)C2)C1. The number of piperazine rings is 1. The molecule has 0 bridgehead atoms. The molecular weight excluding hydrogens is 436 g/mol. The second-order valence-corrected chi connectivity index (χ2v) is 10.1. The van der Waals surface area contributed by atoms with Crippen molar-refractivity contribution in [3.8, 4) is 0 Å². The summed E-state index contributed by atoms with van der Waals surface area (Å²) in [4.78, 5) is 43.4. The Morgan fingerprint density at radius 2 is 1.65 bits per heavy atom. The summed E-state index contributed by atoms with van der Waals surface area (Å²) in [6.45, 7) is 3.03. The topological polar surface area (TPSA) is 113 Å². The van der Waals surface area contributed by atoms with Crippen LogP contribution in [-0.2, 0) is 9.59 Å². The Bertz CT molecular complexity index is 873. The van der Waals surface area contributed by atoms with E-state index in [0.29, 0.717) is 57.9 Å². The molecule has 1 aromatic rings. The second-order valence-electron chi connectivity index (χ2n) is 10.1. The number of hydroxylamine groups is 1. The maximum absolute atomic E-state index is 13.5. The van der Waals surface area contributed by atoms with Crippen LogP contribution in [0.15, 0.2) is 30.3 Å². The third-order valence-corrected chi connectivity index (χ3v) is 8.14. The van der Waals surface area contributed by atoms with Crippen molar-refractivity contribution in [3.63, 3.8) is 0 Å². The first-order valence-corrected chi connectivity index (χ1v) is 12.3. The van der Waals surface area contributed by atoms with E-state index >= 15 is 0 Å². The van der Waals surface area contributed by atoms with Crippen LogP contribution in [-0.4, -0.2) is 88.7 Å². The van der Waals surface area contributed by atoms with Crippen LogP contribution in [0.1, 0.15) is 43.6 Å². The van der Waals surface area contributed by atoms with E-state index in [1.165, 1.54) is 10.5 Å². The highest BCUT2D eigenvalue weighted by atomic mass is 16.5. The molecule has 3 aliphatic rings. The van der Waals surface area contributed by atoms with E-state index in [0.717, 1.165) is 12.8 Å².